The Morgan fingerprint density at radius 3 is 2.55 bits per heavy atom. The first-order valence-electron chi connectivity index (χ1n) is 7.22. The molecule has 1 rings (SSSR count). The summed E-state index contributed by atoms with van der Waals surface area (Å²) in [6.45, 7) is 9.53. The first kappa shape index (κ1) is 17.2. The smallest absolute Gasteiger partial charge is 0.242 e. The average Bonchev–Trinajstić information content (AvgIpc) is 2.77. The van der Waals surface area contributed by atoms with Gasteiger partial charge in [-0.25, -0.2) is 13.1 Å². The fourth-order valence-corrected chi connectivity index (χ4v) is 3.63. The topological polar surface area (TPSA) is 74.0 Å². The highest BCUT2D eigenvalue weighted by Crippen LogP contribution is 2.17. The molecule has 0 aliphatic carbocycles. The van der Waals surface area contributed by atoms with Crippen LogP contribution in [0.3, 0.4) is 0 Å². The summed E-state index contributed by atoms with van der Waals surface area (Å²) < 4.78 is 27.4. The van der Waals surface area contributed by atoms with Crippen LogP contribution in [0.5, 0.6) is 0 Å². The van der Waals surface area contributed by atoms with Crippen molar-refractivity contribution in [3.05, 3.63) is 18.0 Å². The van der Waals surface area contributed by atoms with Crippen molar-refractivity contribution in [2.24, 2.45) is 0 Å². The molecule has 0 radical (unpaired) electrons. The van der Waals surface area contributed by atoms with Crippen LogP contribution in [0.15, 0.2) is 17.2 Å². The molecule has 0 aromatic carbocycles. The molecule has 3 N–H and O–H groups in total. The third-order valence-corrected chi connectivity index (χ3v) is 4.73. The summed E-state index contributed by atoms with van der Waals surface area (Å²) >= 11 is 0. The number of hydrogen-bond donors (Lipinski definition) is 3. The van der Waals surface area contributed by atoms with E-state index < -0.39 is 15.6 Å². The van der Waals surface area contributed by atoms with E-state index in [9.17, 15) is 8.42 Å². The monoisotopic (exact) mass is 301 g/mol. The average molecular weight is 301 g/mol. The van der Waals surface area contributed by atoms with Gasteiger partial charge >= 0.3 is 0 Å². The largest absolute Gasteiger partial charge is 0.363 e. The van der Waals surface area contributed by atoms with E-state index in [1.807, 2.05) is 20.8 Å². The van der Waals surface area contributed by atoms with Crippen LogP contribution in [-0.4, -0.2) is 25.5 Å². The molecule has 1 aromatic rings. The first-order valence-corrected chi connectivity index (χ1v) is 8.71. The van der Waals surface area contributed by atoms with Crippen molar-refractivity contribution in [2.75, 3.05) is 6.54 Å². The third-order valence-electron chi connectivity index (χ3n) is 3.05. The van der Waals surface area contributed by atoms with E-state index in [2.05, 4.69) is 21.9 Å². The van der Waals surface area contributed by atoms with Gasteiger partial charge in [-0.05, 0) is 39.3 Å². The number of aromatic amines is 1. The Morgan fingerprint density at radius 1 is 1.25 bits per heavy atom. The van der Waals surface area contributed by atoms with Gasteiger partial charge in [0, 0.05) is 24.0 Å². The second kappa shape index (κ2) is 7.24. The van der Waals surface area contributed by atoms with Gasteiger partial charge in [0.2, 0.25) is 10.0 Å². The molecule has 20 heavy (non-hydrogen) atoms. The number of rotatable bonds is 9. The number of nitrogens with one attached hydrogen (secondary N) is 3. The summed E-state index contributed by atoms with van der Waals surface area (Å²) in [4.78, 5) is 3.31. The Labute approximate surface area is 122 Å². The van der Waals surface area contributed by atoms with E-state index in [0.29, 0.717) is 11.4 Å². The molecule has 1 aromatic heterocycles. The highest BCUT2D eigenvalue weighted by atomic mass is 32.2. The Bertz CT molecular complexity index is 506. The molecule has 0 aliphatic rings. The second-order valence-corrected chi connectivity index (χ2v) is 7.46. The zero-order valence-corrected chi connectivity index (χ0v) is 13.7. The molecule has 0 spiro atoms. The van der Waals surface area contributed by atoms with Crippen LogP contribution in [0.1, 0.15) is 52.7 Å². The zero-order valence-electron chi connectivity index (χ0n) is 12.9. The van der Waals surface area contributed by atoms with Crippen molar-refractivity contribution in [2.45, 2.75) is 63.9 Å². The van der Waals surface area contributed by atoms with Crippen LogP contribution in [0.2, 0.25) is 0 Å². The quantitative estimate of drug-likeness (QED) is 0.613. The Morgan fingerprint density at radius 2 is 1.95 bits per heavy atom. The number of aromatic nitrogens is 1. The van der Waals surface area contributed by atoms with E-state index in [-0.39, 0.29) is 0 Å². The minimum atomic E-state index is -3.46. The molecule has 0 saturated heterocycles. The first-order chi connectivity index (χ1) is 9.30. The predicted molar refractivity (Wildman–Crippen MR) is 82.1 cm³/mol. The minimum Gasteiger partial charge on any atom is -0.363 e. The Balaban J connectivity index is 2.73. The molecule has 0 aliphatic heterocycles. The number of hydrogen-bond acceptors (Lipinski definition) is 3. The summed E-state index contributed by atoms with van der Waals surface area (Å²) in [6.07, 6.45) is 4.35. The fraction of sp³-hybridized carbons (Fsp3) is 0.714. The Hall–Kier alpha value is -0.850. The van der Waals surface area contributed by atoms with E-state index in [1.165, 1.54) is 0 Å². The standard InChI is InChI=1S/C14H27N3O2S/c1-5-7-14(3,4)17-20(18,19)13-9-12(16-11-13)10-15-8-6-2/h9,11,15-17H,5-8,10H2,1-4H3. The van der Waals surface area contributed by atoms with Gasteiger partial charge in [0.05, 0.1) is 4.90 Å². The summed E-state index contributed by atoms with van der Waals surface area (Å²) in [5.41, 5.74) is 0.456. The van der Waals surface area contributed by atoms with Crippen molar-refractivity contribution in [3.63, 3.8) is 0 Å². The van der Waals surface area contributed by atoms with Gasteiger partial charge in [0.25, 0.3) is 0 Å². The second-order valence-electron chi connectivity index (χ2n) is 5.78. The fourth-order valence-electron chi connectivity index (χ4n) is 2.17. The van der Waals surface area contributed by atoms with Crippen molar-refractivity contribution in [1.82, 2.24) is 15.0 Å². The molecule has 0 unspecified atom stereocenters. The van der Waals surface area contributed by atoms with Gasteiger partial charge in [-0.3, -0.25) is 0 Å². The molecule has 0 saturated carbocycles. The highest BCUT2D eigenvalue weighted by Gasteiger charge is 2.26. The maximum atomic E-state index is 12.3. The van der Waals surface area contributed by atoms with Gasteiger partial charge in [-0.1, -0.05) is 20.3 Å². The van der Waals surface area contributed by atoms with Crippen molar-refractivity contribution in [3.8, 4) is 0 Å². The van der Waals surface area contributed by atoms with Gasteiger partial charge in [-0.15, -0.1) is 0 Å². The van der Waals surface area contributed by atoms with E-state index in [4.69, 9.17) is 0 Å². The molecular formula is C14H27N3O2S. The predicted octanol–water partition coefficient (Wildman–Crippen LogP) is 2.37. The van der Waals surface area contributed by atoms with Gasteiger partial charge in [0.1, 0.15) is 0 Å². The molecule has 116 valence electrons. The molecular weight excluding hydrogens is 274 g/mol. The van der Waals surface area contributed by atoms with Crippen molar-refractivity contribution >= 4 is 10.0 Å². The van der Waals surface area contributed by atoms with Crippen LogP contribution in [0.4, 0.5) is 0 Å². The lowest BCUT2D eigenvalue weighted by molar-refractivity contribution is 0.418. The van der Waals surface area contributed by atoms with Crippen LogP contribution in [-0.2, 0) is 16.6 Å². The molecule has 5 nitrogen and oxygen atoms in total. The van der Waals surface area contributed by atoms with Gasteiger partial charge in [-0.2, -0.15) is 0 Å². The number of sulfonamides is 1. The van der Waals surface area contributed by atoms with Crippen molar-refractivity contribution < 1.29 is 8.42 Å². The highest BCUT2D eigenvalue weighted by molar-refractivity contribution is 7.89. The maximum Gasteiger partial charge on any atom is 0.242 e. The molecule has 6 heteroatoms. The molecule has 0 fully saturated rings. The third kappa shape index (κ3) is 5.26. The number of H-pyrrole nitrogens is 1. The van der Waals surface area contributed by atoms with Crippen LogP contribution in [0, 0.1) is 0 Å². The summed E-state index contributed by atoms with van der Waals surface area (Å²) in [5, 5.41) is 3.24. The minimum absolute atomic E-state index is 0.301. The molecule has 1 heterocycles. The lowest BCUT2D eigenvalue weighted by atomic mass is 10.0. The summed E-state index contributed by atoms with van der Waals surface area (Å²) in [7, 11) is -3.46. The van der Waals surface area contributed by atoms with Gasteiger partial charge < -0.3 is 10.3 Å². The summed E-state index contributed by atoms with van der Waals surface area (Å²) in [5.74, 6) is 0. The van der Waals surface area contributed by atoms with E-state index in [1.54, 1.807) is 12.3 Å². The normalized spacial score (nSPS) is 12.8. The molecule has 0 amide bonds. The SMILES string of the molecule is CCCNCc1cc(S(=O)(=O)NC(C)(C)CCC)c[nH]1. The van der Waals surface area contributed by atoms with Crippen LogP contribution in [0.25, 0.3) is 0 Å². The zero-order chi connectivity index (χ0) is 15.2. The lowest BCUT2D eigenvalue weighted by Gasteiger charge is -2.24. The molecule has 0 bridgehead atoms. The van der Waals surface area contributed by atoms with Gasteiger partial charge in [0.15, 0.2) is 0 Å². The lowest BCUT2D eigenvalue weighted by Crippen LogP contribution is -2.42. The van der Waals surface area contributed by atoms with E-state index >= 15 is 0 Å². The van der Waals surface area contributed by atoms with Crippen molar-refractivity contribution in [1.29, 1.82) is 0 Å². The Kier molecular flexibility index (Phi) is 6.23. The molecule has 0 atom stereocenters. The maximum absolute atomic E-state index is 12.3. The van der Waals surface area contributed by atoms with Crippen LogP contribution < -0.4 is 10.0 Å². The van der Waals surface area contributed by atoms with E-state index in [0.717, 1.165) is 31.5 Å². The van der Waals surface area contributed by atoms with Crippen LogP contribution >= 0.6 is 0 Å². The summed E-state index contributed by atoms with van der Waals surface area (Å²) in [6, 6.07) is 1.69.